The highest BCUT2D eigenvalue weighted by molar-refractivity contribution is 4.78. The first-order chi connectivity index (χ1) is 5.14. The van der Waals surface area contributed by atoms with Gasteiger partial charge in [0.1, 0.15) is 0 Å². The Morgan fingerprint density at radius 3 is 2.36 bits per heavy atom. The Hall–Kier alpha value is -0.0800. The zero-order valence-corrected chi connectivity index (χ0v) is 7.64. The van der Waals surface area contributed by atoms with Crippen molar-refractivity contribution in [1.29, 1.82) is 0 Å². The molecule has 66 valence electrons. The van der Waals surface area contributed by atoms with Crippen molar-refractivity contribution < 1.29 is 5.11 Å². The molecule has 0 bridgehead atoms. The van der Waals surface area contributed by atoms with E-state index >= 15 is 0 Å². The van der Waals surface area contributed by atoms with Crippen LogP contribution in [0.1, 0.15) is 33.1 Å². The molecular weight excluding hydrogens is 138 g/mol. The molecule has 1 unspecified atom stereocenters. The summed E-state index contributed by atoms with van der Waals surface area (Å²) in [5, 5.41) is 9.74. The maximum atomic E-state index is 9.74. The summed E-state index contributed by atoms with van der Waals surface area (Å²) < 4.78 is 0. The molecule has 1 heterocycles. The van der Waals surface area contributed by atoms with Crippen molar-refractivity contribution in [2.45, 2.75) is 38.7 Å². The van der Waals surface area contributed by atoms with Gasteiger partial charge < -0.3 is 10.0 Å². The van der Waals surface area contributed by atoms with E-state index < -0.39 is 5.60 Å². The molecular formula is C9H19NO. The summed E-state index contributed by atoms with van der Waals surface area (Å²) in [4.78, 5) is 2.35. The van der Waals surface area contributed by atoms with Crippen molar-refractivity contribution >= 4 is 0 Å². The van der Waals surface area contributed by atoms with Crippen molar-refractivity contribution in [3.63, 3.8) is 0 Å². The lowest BCUT2D eigenvalue weighted by molar-refractivity contribution is 0.0231. The molecule has 2 heteroatoms. The molecule has 1 aliphatic rings. The third-order valence-corrected chi connectivity index (χ3v) is 2.52. The Morgan fingerprint density at radius 1 is 1.36 bits per heavy atom. The highest BCUT2D eigenvalue weighted by atomic mass is 16.3. The minimum atomic E-state index is -0.468. The lowest BCUT2D eigenvalue weighted by Crippen LogP contribution is -2.38. The summed E-state index contributed by atoms with van der Waals surface area (Å²) in [6.07, 6.45) is 3.46. The van der Waals surface area contributed by atoms with Gasteiger partial charge in [0, 0.05) is 6.54 Å². The summed E-state index contributed by atoms with van der Waals surface area (Å²) in [5.74, 6) is 0. The fourth-order valence-corrected chi connectivity index (χ4v) is 1.53. The van der Waals surface area contributed by atoms with Crippen LogP contribution in [-0.2, 0) is 0 Å². The van der Waals surface area contributed by atoms with Gasteiger partial charge in [-0.3, -0.25) is 0 Å². The molecule has 11 heavy (non-hydrogen) atoms. The molecule has 0 amide bonds. The van der Waals surface area contributed by atoms with E-state index in [1.54, 1.807) is 0 Å². The second-order valence-electron chi connectivity index (χ2n) is 3.83. The number of β-amino-alcohol motifs (C(OH)–C–C–N with tert-alkyl or cyclic N) is 1. The first-order valence-electron chi connectivity index (χ1n) is 4.59. The van der Waals surface area contributed by atoms with E-state index in [9.17, 15) is 5.11 Å². The summed E-state index contributed by atoms with van der Waals surface area (Å²) in [7, 11) is 0. The number of hydrogen-bond acceptors (Lipinski definition) is 2. The molecule has 0 spiro atoms. The highest BCUT2D eigenvalue weighted by Crippen LogP contribution is 2.15. The predicted molar refractivity (Wildman–Crippen MR) is 46.6 cm³/mol. The fraction of sp³-hybridized carbons (Fsp3) is 1.00. The van der Waals surface area contributed by atoms with E-state index in [-0.39, 0.29) is 0 Å². The summed E-state index contributed by atoms with van der Waals surface area (Å²) in [5.41, 5.74) is -0.468. The van der Waals surface area contributed by atoms with E-state index in [1.807, 2.05) is 13.8 Å². The summed E-state index contributed by atoms with van der Waals surface area (Å²) in [6, 6.07) is 0. The molecule has 1 N–H and O–H groups in total. The van der Waals surface area contributed by atoms with Crippen LogP contribution in [0.2, 0.25) is 0 Å². The molecule has 0 saturated carbocycles. The average Bonchev–Trinajstić information content (AvgIpc) is 2.39. The Kier molecular flexibility index (Phi) is 2.90. The number of likely N-dealkylation sites (tertiary alicyclic amines) is 1. The average molecular weight is 157 g/mol. The van der Waals surface area contributed by atoms with Gasteiger partial charge in [-0.1, -0.05) is 6.92 Å². The van der Waals surface area contributed by atoms with Gasteiger partial charge in [0.15, 0.2) is 0 Å². The van der Waals surface area contributed by atoms with Crippen LogP contribution in [0.15, 0.2) is 0 Å². The normalized spacial score (nSPS) is 25.4. The molecule has 1 aliphatic heterocycles. The Bertz CT molecular complexity index is 117. The first-order valence-corrected chi connectivity index (χ1v) is 4.59. The molecule has 1 atom stereocenters. The Morgan fingerprint density at radius 2 is 1.91 bits per heavy atom. The van der Waals surface area contributed by atoms with Gasteiger partial charge in [0.05, 0.1) is 5.60 Å². The lowest BCUT2D eigenvalue weighted by Gasteiger charge is -2.27. The van der Waals surface area contributed by atoms with E-state index in [2.05, 4.69) is 4.90 Å². The van der Waals surface area contributed by atoms with Crippen LogP contribution >= 0.6 is 0 Å². The van der Waals surface area contributed by atoms with Crippen LogP contribution in [-0.4, -0.2) is 35.2 Å². The fourth-order valence-electron chi connectivity index (χ4n) is 1.53. The first kappa shape index (κ1) is 9.01. The molecule has 0 aromatic carbocycles. The summed E-state index contributed by atoms with van der Waals surface area (Å²) in [6.45, 7) is 7.16. The third kappa shape index (κ3) is 2.80. The molecule has 0 radical (unpaired) electrons. The van der Waals surface area contributed by atoms with Gasteiger partial charge in [0.25, 0.3) is 0 Å². The summed E-state index contributed by atoms with van der Waals surface area (Å²) >= 11 is 0. The van der Waals surface area contributed by atoms with Crippen LogP contribution in [0.25, 0.3) is 0 Å². The van der Waals surface area contributed by atoms with Crippen molar-refractivity contribution in [1.82, 2.24) is 4.90 Å². The lowest BCUT2D eigenvalue weighted by atomic mass is 10.0. The molecule has 1 fully saturated rings. The van der Waals surface area contributed by atoms with E-state index in [1.165, 1.54) is 25.9 Å². The molecule has 0 aromatic rings. The zero-order chi connectivity index (χ0) is 8.32. The van der Waals surface area contributed by atoms with Crippen LogP contribution in [0.5, 0.6) is 0 Å². The maximum Gasteiger partial charge on any atom is 0.0743 e. The topological polar surface area (TPSA) is 23.5 Å². The van der Waals surface area contributed by atoms with Crippen molar-refractivity contribution in [2.75, 3.05) is 19.6 Å². The van der Waals surface area contributed by atoms with E-state index in [0.717, 1.165) is 13.0 Å². The predicted octanol–water partition coefficient (Wildman–Crippen LogP) is 1.24. The van der Waals surface area contributed by atoms with Crippen molar-refractivity contribution in [2.24, 2.45) is 0 Å². The molecule has 2 nitrogen and oxygen atoms in total. The molecule has 1 saturated heterocycles. The van der Waals surface area contributed by atoms with Gasteiger partial charge >= 0.3 is 0 Å². The van der Waals surface area contributed by atoms with Crippen LogP contribution in [0, 0.1) is 0 Å². The second-order valence-corrected chi connectivity index (χ2v) is 3.83. The monoisotopic (exact) mass is 157 g/mol. The third-order valence-electron chi connectivity index (χ3n) is 2.52. The number of hydrogen-bond donors (Lipinski definition) is 1. The number of rotatable bonds is 3. The quantitative estimate of drug-likeness (QED) is 0.666. The van der Waals surface area contributed by atoms with Crippen LogP contribution < -0.4 is 0 Å². The Labute approximate surface area is 69.2 Å². The largest absolute Gasteiger partial charge is 0.389 e. The SMILES string of the molecule is CCC(C)(O)CN1CCCC1. The smallest absolute Gasteiger partial charge is 0.0743 e. The van der Waals surface area contributed by atoms with Gasteiger partial charge in [0.2, 0.25) is 0 Å². The van der Waals surface area contributed by atoms with Crippen molar-refractivity contribution in [3.05, 3.63) is 0 Å². The minimum Gasteiger partial charge on any atom is -0.389 e. The van der Waals surface area contributed by atoms with Crippen molar-refractivity contribution in [3.8, 4) is 0 Å². The second kappa shape index (κ2) is 3.55. The highest BCUT2D eigenvalue weighted by Gasteiger charge is 2.23. The number of aliphatic hydroxyl groups is 1. The maximum absolute atomic E-state index is 9.74. The molecule has 1 rings (SSSR count). The molecule has 0 aromatic heterocycles. The van der Waals surface area contributed by atoms with Gasteiger partial charge in [-0.2, -0.15) is 0 Å². The minimum absolute atomic E-state index is 0.468. The van der Waals surface area contributed by atoms with Gasteiger partial charge in [-0.15, -0.1) is 0 Å². The standard InChI is InChI=1S/C9H19NO/c1-3-9(2,11)8-10-6-4-5-7-10/h11H,3-8H2,1-2H3. The van der Waals surface area contributed by atoms with E-state index in [0.29, 0.717) is 0 Å². The van der Waals surface area contributed by atoms with Gasteiger partial charge in [-0.05, 0) is 39.3 Å². The van der Waals surface area contributed by atoms with E-state index in [4.69, 9.17) is 0 Å². The molecule has 0 aliphatic carbocycles. The van der Waals surface area contributed by atoms with Gasteiger partial charge in [-0.25, -0.2) is 0 Å². The Balaban J connectivity index is 2.28. The van der Waals surface area contributed by atoms with Crippen LogP contribution in [0.4, 0.5) is 0 Å². The number of nitrogens with zero attached hydrogens (tertiary/aromatic N) is 1. The van der Waals surface area contributed by atoms with Crippen LogP contribution in [0.3, 0.4) is 0 Å². The zero-order valence-electron chi connectivity index (χ0n) is 7.64.